The molecule has 0 radical (unpaired) electrons. The molecule has 0 aliphatic heterocycles. The second kappa shape index (κ2) is 8.03. The molecule has 0 saturated heterocycles. The summed E-state index contributed by atoms with van der Waals surface area (Å²) >= 11 is 0. The quantitative estimate of drug-likeness (QED) is 0.801. The monoisotopic (exact) mass is 319 g/mol. The lowest BCUT2D eigenvalue weighted by atomic mass is 9.87. The number of carboxylic acid groups (broad SMARTS) is 1. The van der Waals surface area contributed by atoms with Crippen molar-refractivity contribution < 1.29 is 28.2 Å². The van der Waals surface area contributed by atoms with Crippen LogP contribution in [0.25, 0.3) is 0 Å². The van der Waals surface area contributed by atoms with E-state index in [1.807, 2.05) is 6.07 Å². The summed E-state index contributed by atoms with van der Waals surface area (Å²) in [4.78, 5) is 8.90. The van der Waals surface area contributed by atoms with Gasteiger partial charge in [-0.2, -0.15) is 13.2 Å². The van der Waals surface area contributed by atoms with Gasteiger partial charge in [0.15, 0.2) is 0 Å². The maximum atomic E-state index is 10.6. The maximum absolute atomic E-state index is 10.6. The lowest BCUT2D eigenvalue weighted by molar-refractivity contribution is -0.192. The van der Waals surface area contributed by atoms with E-state index in [9.17, 15) is 18.3 Å². The SMILES string of the molecule is CCCN[C@H]1CCc2c(O)cccc2C1.O=C(O)C(F)(F)F. The lowest BCUT2D eigenvalue weighted by Crippen LogP contribution is -2.34. The first kappa shape index (κ1) is 18.3. The molecule has 1 aliphatic rings. The van der Waals surface area contributed by atoms with Gasteiger partial charge in [0, 0.05) is 6.04 Å². The molecule has 0 heterocycles. The topological polar surface area (TPSA) is 69.6 Å². The van der Waals surface area contributed by atoms with Crippen LogP contribution in [0.5, 0.6) is 5.75 Å². The number of aliphatic carboxylic acids is 1. The first-order valence-electron chi connectivity index (χ1n) is 7.09. The van der Waals surface area contributed by atoms with E-state index in [0.29, 0.717) is 11.8 Å². The molecule has 0 amide bonds. The number of alkyl halides is 3. The van der Waals surface area contributed by atoms with Crippen LogP contribution in [0.1, 0.15) is 30.9 Å². The van der Waals surface area contributed by atoms with Crippen LogP contribution in [-0.4, -0.2) is 34.9 Å². The molecule has 7 heteroatoms. The molecule has 3 N–H and O–H groups in total. The van der Waals surface area contributed by atoms with Gasteiger partial charge in [-0.25, -0.2) is 4.79 Å². The van der Waals surface area contributed by atoms with Crippen molar-refractivity contribution in [3.63, 3.8) is 0 Å². The summed E-state index contributed by atoms with van der Waals surface area (Å²) in [5, 5.41) is 20.4. The highest BCUT2D eigenvalue weighted by atomic mass is 19.4. The number of fused-ring (bicyclic) bond motifs is 1. The van der Waals surface area contributed by atoms with Crippen molar-refractivity contribution in [2.24, 2.45) is 0 Å². The average Bonchev–Trinajstić information content (AvgIpc) is 2.45. The predicted octanol–water partition coefficient (Wildman–Crippen LogP) is 2.88. The van der Waals surface area contributed by atoms with Crippen molar-refractivity contribution in [3.8, 4) is 5.75 Å². The summed E-state index contributed by atoms with van der Waals surface area (Å²) in [7, 11) is 0. The minimum atomic E-state index is -5.08. The third-order valence-corrected chi connectivity index (χ3v) is 3.38. The Bertz CT molecular complexity index is 503. The van der Waals surface area contributed by atoms with Gasteiger partial charge in [0.1, 0.15) is 5.75 Å². The second-order valence-electron chi connectivity index (χ2n) is 5.11. The van der Waals surface area contributed by atoms with Crippen LogP contribution in [-0.2, 0) is 17.6 Å². The van der Waals surface area contributed by atoms with Gasteiger partial charge in [-0.1, -0.05) is 19.1 Å². The highest BCUT2D eigenvalue weighted by molar-refractivity contribution is 5.73. The number of nitrogens with one attached hydrogen (secondary N) is 1. The average molecular weight is 319 g/mol. The molecular weight excluding hydrogens is 299 g/mol. The standard InChI is InChI=1S/C13H19NO.C2HF3O2/c1-2-8-14-11-6-7-12-10(9-11)4-3-5-13(12)15;3-2(4,5)1(6)7/h3-5,11,14-15H,2,6-9H2,1H3;(H,6,7)/t11-;/m0./s1. The number of benzene rings is 1. The third kappa shape index (κ3) is 5.55. The summed E-state index contributed by atoms with van der Waals surface area (Å²) in [6, 6.07) is 6.46. The number of rotatable bonds is 3. The number of aromatic hydroxyl groups is 1. The Morgan fingerprint density at radius 2 is 2.05 bits per heavy atom. The molecule has 2 rings (SSSR count). The minimum absolute atomic E-state index is 0.474. The van der Waals surface area contributed by atoms with Crippen LogP contribution >= 0.6 is 0 Å². The van der Waals surface area contributed by atoms with Gasteiger partial charge < -0.3 is 15.5 Å². The molecule has 0 aromatic heterocycles. The summed E-state index contributed by atoms with van der Waals surface area (Å²) in [6.07, 6.45) is -0.693. The second-order valence-corrected chi connectivity index (χ2v) is 5.11. The van der Waals surface area contributed by atoms with Crippen LogP contribution in [0.2, 0.25) is 0 Å². The summed E-state index contributed by atoms with van der Waals surface area (Å²) < 4.78 is 31.7. The Morgan fingerprint density at radius 1 is 1.41 bits per heavy atom. The fourth-order valence-electron chi connectivity index (χ4n) is 2.31. The summed E-state index contributed by atoms with van der Waals surface area (Å²) in [6.45, 7) is 3.29. The molecule has 124 valence electrons. The van der Waals surface area contributed by atoms with E-state index in [0.717, 1.165) is 31.4 Å². The Kier molecular flexibility index (Phi) is 6.67. The van der Waals surface area contributed by atoms with Crippen LogP contribution < -0.4 is 5.32 Å². The fraction of sp³-hybridized carbons (Fsp3) is 0.533. The van der Waals surface area contributed by atoms with Gasteiger partial charge in [0.05, 0.1) is 0 Å². The Balaban J connectivity index is 0.000000295. The van der Waals surface area contributed by atoms with E-state index < -0.39 is 12.1 Å². The van der Waals surface area contributed by atoms with E-state index in [2.05, 4.69) is 18.3 Å². The minimum Gasteiger partial charge on any atom is -0.508 e. The number of phenolic OH excluding ortho intramolecular Hbond substituents is 1. The van der Waals surface area contributed by atoms with Crippen LogP contribution in [0.4, 0.5) is 13.2 Å². The Morgan fingerprint density at radius 3 is 2.59 bits per heavy atom. The van der Waals surface area contributed by atoms with E-state index >= 15 is 0 Å². The first-order valence-corrected chi connectivity index (χ1v) is 7.09. The zero-order valence-electron chi connectivity index (χ0n) is 12.3. The number of carboxylic acids is 1. The zero-order chi connectivity index (χ0) is 16.8. The zero-order valence-corrected chi connectivity index (χ0v) is 12.3. The summed E-state index contributed by atoms with van der Waals surface area (Å²) in [5.74, 6) is -2.28. The van der Waals surface area contributed by atoms with Gasteiger partial charge in [0.25, 0.3) is 0 Å². The van der Waals surface area contributed by atoms with Gasteiger partial charge >= 0.3 is 12.1 Å². The van der Waals surface area contributed by atoms with Gasteiger partial charge in [0.2, 0.25) is 0 Å². The third-order valence-electron chi connectivity index (χ3n) is 3.38. The van der Waals surface area contributed by atoms with Crippen molar-refractivity contribution in [3.05, 3.63) is 29.3 Å². The number of hydrogen-bond acceptors (Lipinski definition) is 3. The van der Waals surface area contributed by atoms with Crippen molar-refractivity contribution in [1.82, 2.24) is 5.32 Å². The maximum Gasteiger partial charge on any atom is 0.490 e. The van der Waals surface area contributed by atoms with Crippen LogP contribution in [0, 0.1) is 0 Å². The fourth-order valence-corrected chi connectivity index (χ4v) is 2.31. The Hall–Kier alpha value is -1.76. The van der Waals surface area contributed by atoms with Gasteiger partial charge in [-0.15, -0.1) is 0 Å². The van der Waals surface area contributed by atoms with Crippen molar-refractivity contribution in [2.75, 3.05) is 6.54 Å². The highest BCUT2D eigenvalue weighted by Crippen LogP contribution is 2.28. The lowest BCUT2D eigenvalue weighted by Gasteiger charge is -2.25. The van der Waals surface area contributed by atoms with E-state index in [4.69, 9.17) is 9.90 Å². The van der Waals surface area contributed by atoms with Gasteiger partial charge in [-0.05, 0) is 49.4 Å². The van der Waals surface area contributed by atoms with Gasteiger partial charge in [-0.3, -0.25) is 0 Å². The molecule has 22 heavy (non-hydrogen) atoms. The van der Waals surface area contributed by atoms with E-state index in [1.165, 1.54) is 12.0 Å². The normalized spacial score (nSPS) is 17.2. The van der Waals surface area contributed by atoms with E-state index in [-0.39, 0.29) is 0 Å². The van der Waals surface area contributed by atoms with Crippen molar-refractivity contribution >= 4 is 5.97 Å². The van der Waals surface area contributed by atoms with Crippen molar-refractivity contribution in [1.29, 1.82) is 0 Å². The molecule has 1 aromatic rings. The predicted molar refractivity (Wildman–Crippen MR) is 75.9 cm³/mol. The molecule has 1 atom stereocenters. The molecule has 0 bridgehead atoms. The molecule has 0 fully saturated rings. The number of carbonyl (C=O) groups is 1. The van der Waals surface area contributed by atoms with Crippen LogP contribution in [0.3, 0.4) is 0 Å². The summed E-state index contributed by atoms with van der Waals surface area (Å²) in [5.41, 5.74) is 2.47. The first-order chi connectivity index (χ1) is 10.3. The number of halogens is 3. The number of phenols is 1. The van der Waals surface area contributed by atoms with Crippen LogP contribution in [0.15, 0.2) is 18.2 Å². The Labute approximate surface area is 127 Å². The molecule has 1 aromatic carbocycles. The molecular formula is C15H20F3NO3. The molecule has 4 nitrogen and oxygen atoms in total. The molecule has 1 aliphatic carbocycles. The van der Waals surface area contributed by atoms with E-state index in [1.54, 1.807) is 6.07 Å². The number of hydrogen-bond donors (Lipinski definition) is 3. The molecule has 0 saturated carbocycles. The molecule has 0 unspecified atom stereocenters. The largest absolute Gasteiger partial charge is 0.508 e. The highest BCUT2D eigenvalue weighted by Gasteiger charge is 2.38. The smallest absolute Gasteiger partial charge is 0.490 e. The molecule has 0 spiro atoms. The van der Waals surface area contributed by atoms with Crippen molar-refractivity contribution in [2.45, 2.75) is 44.8 Å².